The van der Waals surface area contributed by atoms with E-state index in [2.05, 4.69) is 43.2 Å². The highest BCUT2D eigenvalue weighted by Gasteiger charge is 2.37. The quantitative estimate of drug-likeness (QED) is 0.408. The summed E-state index contributed by atoms with van der Waals surface area (Å²) in [5.74, 6) is 0.0310. The van der Waals surface area contributed by atoms with Crippen LogP contribution in [-0.4, -0.2) is 40.7 Å². The van der Waals surface area contributed by atoms with Gasteiger partial charge in [-0.2, -0.15) is 0 Å². The minimum absolute atomic E-state index is 0.0520. The third kappa shape index (κ3) is 5.67. The van der Waals surface area contributed by atoms with E-state index in [4.69, 9.17) is 9.72 Å². The number of ketones is 1. The zero-order valence-corrected chi connectivity index (χ0v) is 23.0. The van der Waals surface area contributed by atoms with Gasteiger partial charge >= 0.3 is 0 Å². The summed E-state index contributed by atoms with van der Waals surface area (Å²) in [6.45, 7) is 10.4. The largest absolute Gasteiger partial charge is 0.377 e. The highest BCUT2D eigenvalue weighted by atomic mass is 16.5. The molecule has 1 saturated carbocycles. The number of anilines is 2. The molecule has 4 rings (SSSR count). The molecule has 1 aliphatic rings. The van der Waals surface area contributed by atoms with Crippen molar-refractivity contribution in [1.29, 1.82) is 0 Å². The molecule has 0 aliphatic heterocycles. The molecule has 2 heterocycles. The third-order valence-electron chi connectivity index (χ3n) is 7.31. The van der Waals surface area contributed by atoms with Crippen molar-refractivity contribution in [2.24, 2.45) is 11.3 Å². The van der Waals surface area contributed by atoms with Gasteiger partial charge in [0.15, 0.2) is 0 Å². The minimum atomic E-state index is -0.206. The van der Waals surface area contributed by atoms with Crippen LogP contribution in [0.4, 0.5) is 11.4 Å². The van der Waals surface area contributed by atoms with Crippen LogP contribution in [0.3, 0.4) is 0 Å². The van der Waals surface area contributed by atoms with E-state index in [-0.39, 0.29) is 35.2 Å². The summed E-state index contributed by atoms with van der Waals surface area (Å²) in [6.07, 6.45) is 3.17. The van der Waals surface area contributed by atoms with Crippen molar-refractivity contribution >= 4 is 34.1 Å². The lowest BCUT2D eigenvalue weighted by Gasteiger charge is -2.39. The first kappa shape index (κ1) is 26.7. The van der Waals surface area contributed by atoms with Gasteiger partial charge in [-0.05, 0) is 55.5 Å². The first-order valence-corrected chi connectivity index (χ1v) is 12.9. The molecule has 3 aromatic rings. The summed E-state index contributed by atoms with van der Waals surface area (Å²) in [7, 11) is 3.55. The average molecular weight is 503 g/mol. The predicted molar refractivity (Wildman–Crippen MR) is 147 cm³/mol. The van der Waals surface area contributed by atoms with Crippen molar-refractivity contribution in [3.8, 4) is 0 Å². The maximum atomic E-state index is 13.3. The fourth-order valence-corrected chi connectivity index (χ4v) is 5.46. The molecule has 1 fully saturated rings. The molecule has 0 bridgehead atoms. The number of pyridine rings is 2. The lowest BCUT2D eigenvalue weighted by Crippen LogP contribution is -2.41. The number of hydrogen-bond acceptors (Lipinski definition) is 6. The van der Waals surface area contributed by atoms with E-state index in [1.165, 1.54) is 0 Å². The Balaban J connectivity index is 1.63. The van der Waals surface area contributed by atoms with Gasteiger partial charge in [-0.1, -0.05) is 32.9 Å². The molecule has 7 heteroatoms. The molecule has 196 valence electrons. The SMILES string of the molecule is CO[C@@H](C)c1c(Nc2ccc([C@H](N(C)C(=O)C3CCC(=O)C3)C(C)(C)C)cc2)cnc2ccc(C)nc12. The number of aryl methyl sites for hydroxylation is 1. The Kier molecular flexibility index (Phi) is 7.64. The van der Waals surface area contributed by atoms with Crippen molar-refractivity contribution in [2.75, 3.05) is 19.5 Å². The Bertz CT molecular complexity index is 1300. The summed E-state index contributed by atoms with van der Waals surface area (Å²) in [5, 5.41) is 3.51. The number of Topliss-reactive ketones (excluding diaryl/α,β-unsaturated/α-hetero) is 1. The lowest BCUT2D eigenvalue weighted by molar-refractivity contribution is -0.139. The molecule has 0 spiro atoms. The molecule has 7 nitrogen and oxygen atoms in total. The fraction of sp³-hybridized carbons (Fsp3) is 0.467. The molecule has 1 aromatic carbocycles. The number of benzene rings is 1. The van der Waals surface area contributed by atoms with E-state index >= 15 is 0 Å². The lowest BCUT2D eigenvalue weighted by atomic mass is 9.81. The fourth-order valence-electron chi connectivity index (χ4n) is 5.46. The van der Waals surface area contributed by atoms with Crippen LogP contribution in [0.5, 0.6) is 0 Å². The summed E-state index contributed by atoms with van der Waals surface area (Å²) in [6, 6.07) is 12.0. The smallest absolute Gasteiger partial charge is 0.226 e. The number of aromatic nitrogens is 2. The van der Waals surface area contributed by atoms with Gasteiger partial charge in [0.2, 0.25) is 5.91 Å². The molecule has 1 N–H and O–H groups in total. The maximum absolute atomic E-state index is 13.3. The number of hydrogen-bond donors (Lipinski definition) is 1. The highest BCUT2D eigenvalue weighted by molar-refractivity contribution is 5.90. The molecule has 1 unspecified atom stereocenters. The van der Waals surface area contributed by atoms with Gasteiger partial charge < -0.3 is 15.0 Å². The van der Waals surface area contributed by atoms with E-state index in [0.717, 1.165) is 39.2 Å². The number of rotatable bonds is 7. The van der Waals surface area contributed by atoms with E-state index in [9.17, 15) is 9.59 Å². The van der Waals surface area contributed by atoms with Crippen molar-refractivity contribution in [1.82, 2.24) is 14.9 Å². The number of amides is 1. The third-order valence-corrected chi connectivity index (χ3v) is 7.31. The number of carbonyl (C=O) groups is 2. The monoisotopic (exact) mass is 502 g/mol. The Morgan fingerprint density at radius 2 is 1.86 bits per heavy atom. The second-order valence-electron chi connectivity index (χ2n) is 11.2. The number of nitrogens with zero attached hydrogens (tertiary/aromatic N) is 3. The number of ether oxygens (including phenoxy) is 1. The van der Waals surface area contributed by atoms with E-state index < -0.39 is 0 Å². The van der Waals surface area contributed by atoms with Gasteiger partial charge in [-0.15, -0.1) is 0 Å². The van der Waals surface area contributed by atoms with E-state index in [0.29, 0.717) is 19.3 Å². The summed E-state index contributed by atoms with van der Waals surface area (Å²) in [5.41, 5.74) is 6.17. The second kappa shape index (κ2) is 10.6. The molecule has 1 aliphatic carbocycles. The molecular weight excluding hydrogens is 464 g/mol. The van der Waals surface area contributed by atoms with Gasteiger partial charge in [-0.25, -0.2) is 0 Å². The van der Waals surface area contributed by atoms with Crippen LogP contribution in [0.2, 0.25) is 0 Å². The zero-order valence-electron chi connectivity index (χ0n) is 23.0. The Morgan fingerprint density at radius 3 is 2.46 bits per heavy atom. The number of carbonyl (C=O) groups excluding carboxylic acids is 2. The Morgan fingerprint density at radius 1 is 1.16 bits per heavy atom. The summed E-state index contributed by atoms with van der Waals surface area (Å²) >= 11 is 0. The minimum Gasteiger partial charge on any atom is -0.377 e. The van der Waals surface area contributed by atoms with Crippen molar-refractivity contribution < 1.29 is 14.3 Å². The molecular formula is C30H38N4O3. The molecule has 1 amide bonds. The zero-order chi connectivity index (χ0) is 26.9. The van der Waals surface area contributed by atoms with Crippen LogP contribution < -0.4 is 5.32 Å². The first-order chi connectivity index (χ1) is 17.5. The van der Waals surface area contributed by atoms with Crippen LogP contribution in [0.25, 0.3) is 11.0 Å². The van der Waals surface area contributed by atoms with Crippen LogP contribution in [0.1, 0.15) is 75.9 Å². The van der Waals surface area contributed by atoms with Crippen LogP contribution in [0, 0.1) is 18.3 Å². The van der Waals surface area contributed by atoms with Gasteiger partial charge in [0.25, 0.3) is 0 Å². The summed E-state index contributed by atoms with van der Waals surface area (Å²) < 4.78 is 5.68. The molecule has 0 saturated heterocycles. The Hall–Kier alpha value is -3.32. The van der Waals surface area contributed by atoms with Gasteiger partial charge in [-0.3, -0.25) is 19.6 Å². The van der Waals surface area contributed by atoms with Crippen molar-refractivity contribution in [3.63, 3.8) is 0 Å². The number of fused-ring (bicyclic) bond motifs is 1. The van der Waals surface area contributed by atoms with Crippen LogP contribution in [0.15, 0.2) is 42.6 Å². The van der Waals surface area contributed by atoms with Gasteiger partial charge in [0.05, 0.1) is 35.1 Å². The van der Waals surface area contributed by atoms with Crippen molar-refractivity contribution in [3.05, 3.63) is 59.4 Å². The standard InChI is InChI=1S/C30H38N4O3/c1-18-8-15-24-27(32-18)26(19(2)37-7)25(17-31-24)33-22-12-9-20(10-13-22)28(30(3,4)5)34(6)29(36)21-11-14-23(35)16-21/h8-10,12-13,15,17,19,21,28,33H,11,14,16H2,1-7H3/t19-,21?,28-/m0/s1. The van der Waals surface area contributed by atoms with Crippen LogP contribution >= 0.6 is 0 Å². The van der Waals surface area contributed by atoms with Gasteiger partial charge in [0, 0.05) is 49.9 Å². The number of nitrogens with one attached hydrogen (secondary N) is 1. The van der Waals surface area contributed by atoms with Crippen molar-refractivity contribution in [2.45, 2.75) is 66.0 Å². The van der Waals surface area contributed by atoms with E-state index in [1.54, 1.807) is 7.11 Å². The van der Waals surface area contributed by atoms with E-state index in [1.807, 2.05) is 56.3 Å². The Labute approximate surface area is 219 Å². The molecule has 2 aromatic heterocycles. The number of methoxy groups -OCH3 is 1. The molecule has 3 atom stereocenters. The average Bonchev–Trinajstić information content (AvgIpc) is 3.29. The second-order valence-corrected chi connectivity index (χ2v) is 11.2. The topological polar surface area (TPSA) is 84.4 Å². The first-order valence-electron chi connectivity index (χ1n) is 12.9. The van der Waals surface area contributed by atoms with Crippen LogP contribution in [-0.2, 0) is 14.3 Å². The summed E-state index contributed by atoms with van der Waals surface area (Å²) in [4.78, 5) is 36.2. The van der Waals surface area contributed by atoms with Gasteiger partial charge in [0.1, 0.15) is 5.78 Å². The maximum Gasteiger partial charge on any atom is 0.226 e. The highest BCUT2D eigenvalue weighted by Crippen LogP contribution is 2.40. The normalized spacial score (nSPS) is 17.6. The predicted octanol–water partition coefficient (Wildman–Crippen LogP) is 6.30. The molecule has 37 heavy (non-hydrogen) atoms. The molecule has 0 radical (unpaired) electrons.